The van der Waals surface area contributed by atoms with Crippen molar-refractivity contribution in [3.8, 4) is 0 Å². The average Bonchev–Trinajstić information content (AvgIpc) is 3.29. The molecular weight excluding hydrogens is 280 g/mol. The molecule has 1 heterocycles. The summed E-state index contributed by atoms with van der Waals surface area (Å²) in [5.41, 5.74) is 5.27. The van der Waals surface area contributed by atoms with Crippen molar-refractivity contribution in [2.75, 3.05) is 4.90 Å². The molecular formula is C21H30N2. The Labute approximate surface area is 142 Å². The van der Waals surface area contributed by atoms with Gasteiger partial charge < -0.3 is 10.2 Å². The minimum Gasteiger partial charge on any atom is -0.366 e. The third-order valence-corrected chi connectivity index (χ3v) is 6.21. The second-order valence-electron chi connectivity index (χ2n) is 7.70. The van der Waals surface area contributed by atoms with E-state index < -0.39 is 0 Å². The Hall–Kier alpha value is -1.44. The number of hydrogen-bond donors (Lipinski definition) is 1. The fourth-order valence-corrected chi connectivity index (χ4v) is 4.94. The Kier molecular flexibility index (Phi) is 3.77. The molecule has 2 heteroatoms. The van der Waals surface area contributed by atoms with Crippen LogP contribution in [0.2, 0.25) is 1.41 Å². The summed E-state index contributed by atoms with van der Waals surface area (Å²) >= 11 is 0. The molecule has 1 N–H and O–H groups in total. The zero-order valence-corrected chi connectivity index (χ0v) is 14.6. The molecule has 2 nitrogen and oxygen atoms in total. The van der Waals surface area contributed by atoms with E-state index in [0.29, 0.717) is 11.8 Å². The van der Waals surface area contributed by atoms with Gasteiger partial charge in [0.15, 0.2) is 1.41 Å². The zero-order chi connectivity index (χ0) is 16.7. The van der Waals surface area contributed by atoms with Crippen LogP contribution in [0.4, 0.5) is 5.69 Å². The first-order valence-electron chi connectivity index (χ1n) is 9.97. The van der Waals surface area contributed by atoms with Crippen molar-refractivity contribution in [1.29, 1.82) is 0 Å². The number of allylic oxidation sites excluding steroid dienone is 2. The summed E-state index contributed by atoms with van der Waals surface area (Å²) in [6, 6.07) is 8.71. The predicted molar refractivity (Wildman–Crippen MR) is 97.2 cm³/mol. The largest absolute Gasteiger partial charge is 0.366 e. The van der Waals surface area contributed by atoms with Crippen LogP contribution in [0.25, 0.3) is 0 Å². The lowest BCUT2D eigenvalue weighted by Gasteiger charge is -2.33. The van der Waals surface area contributed by atoms with Crippen LogP contribution in [-0.4, -0.2) is 6.17 Å². The number of rotatable bonds is 3. The van der Waals surface area contributed by atoms with Gasteiger partial charge in [0.1, 0.15) is 6.17 Å². The molecule has 0 saturated heterocycles. The summed E-state index contributed by atoms with van der Waals surface area (Å²) in [5.74, 6) is 1.22. The lowest BCUT2D eigenvalue weighted by molar-refractivity contribution is 0.389. The van der Waals surface area contributed by atoms with Crippen LogP contribution in [0.15, 0.2) is 35.7 Å². The van der Waals surface area contributed by atoms with Gasteiger partial charge in [0.25, 0.3) is 0 Å². The Balaban J connectivity index is 1.77. The zero-order valence-electron chi connectivity index (χ0n) is 15.6. The van der Waals surface area contributed by atoms with E-state index in [2.05, 4.69) is 43.0 Å². The molecule has 0 aromatic heterocycles. The molecule has 2 aliphatic carbocycles. The van der Waals surface area contributed by atoms with Crippen LogP contribution in [-0.2, 0) is 0 Å². The van der Waals surface area contributed by atoms with Crippen LogP contribution < -0.4 is 10.2 Å². The van der Waals surface area contributed by atoms with Crippen LogP contribution >= 0.6 is 0 Å². The maximum atomic E-state index is 8.99. The monoisotopic (exact) mass is 311 g/mol. The molecule has 3 aliphatic rings. The van der Waals surface area contributed by atoms with Gasteiger partial charge in [0.2, 0.25) is 0 Å². The fraction of sp³-hybridized carbons (Fsp3) is 0.619. The molecule has 1 aliphatic heterocycles. The quantitative estimate of drug-likeness (QED) is 0.810. The maximum absolute atomic E-state index is 8.99. The molecule has 2 saturated carbocycles. The van der Waals surface area contributed by atoms with E-state index in [0.717, 1.165) is 0 Å². The molecule has 0 bridgehead atoms. The van der Waals surface area contributed by atoms with Crippen molar-refractivity contribution in [3.05, 3.63) is 41.2 Å². The van der Waals surface area contributed by atoms with Gasteiger partial charge in [-0.3, -0.25) is 0 Å². The molecule has 1 unspecified atom stereocenters. The second kappa shape index (κ2) is 6.22. The molecule has 4 rings (SSSR count). The lowest BCUT2D eigenvalue weighted by Crippen LogP contribution is -2.43. The SMILES string of the molecule is [2H]N1C(C2CCCC2)=C(C)N(c2ccccc2C)C1C1CCCC1. The van der Waals surface area contributed by atoms with Gasteiger partial charge in [0, 0.05) is 23.0 Å². The van der Waals surface area contributed by atoms with Gasteiger partial charge in [-0.1, -0.05) is 43.9 Å². The molecule has 1 aromatic carbocycles. The first-order valence-corrected chi connectivity index (χ1v) is 9.52. The fourth-order valence-electron chi connectivity index (χ4n) is 4.94. The highest BCUT2D eigenvalue weighted by atomic mass is 15.3. The maximum Gasteiger partial charge on any atom is 0.162 e. The standard InChI is InChI=1S/C21H30N2/c1-15-9-3-8-14-19(15)23-16(2)20(17-10-4-5-11-17)22-21(23)18-12-6-7-13-18/h3,8-9,14,17-18,21-22H,4-7,10-13H2,1-2H3/i/hD. The molecule has 0 radical (unpaired) electrons. The van der Waals surface area contributed by atoms with Crippen molar-refractivity contribution in [1.82, 2.24) is 5.31 Å². The highest BCUT2D eigenvalue weighted by Gasteiger charge is 2.39. The number of hydrogen-bond acceptors (Lipinski definition) is 2. The summed E-state index contributed by atoms with van der Waals surface area (Å²) in [7, 11) is 0. The number of nitrogens with one attached hydrogen (secondary N) is 1. The summed E-state index contributed by atoms with van der Waals surface area (Å²) in [6.45, 7) is 4.47. The van der Waals surface area contributed by atoms with E-state index in [1.165, 1.54) is 74.0 Å². The Morgan fingerprint density at radius 1 is 1.00 bits per heavy atom. The van der Waals surface area contributed by atoms with Crippen LogP contribution in [0.1, 0.15) is 63.9 Å². The number of aryl methyl sites for hydroxylation is 1. The molecule has 23 heavy (non-hydrogen) atoms. The minimum absolute atomic E-state index is 0.198. The predicted octanol–water partition coefficient (Wildman–Crippen LogP) is 5.34. The number of benzene rings is 1. The third-order valence-electron chi connectivity index (χ3n) is 6.21. The van der Waals surface area contributed by atoms with Crippen LogP contribution in [0.3, 0.4) is 0 Å². The van der Waals surface area contributed by atoms with Crippen molar-refractivity contribution < 1.29 is 1.41 Å². The molecule has 2 fully saturated rings. The highest BCUT2D eigenvalue weighted by molar-refractivity contribution is 5.60. The van der Waals surface area contributed by atoms with E-state index in [4.69, 9.17) is 1.41 Å². The molecule has 1 atom stereocenters. The highest BCUT2D eigenvalue weighted by Crippen LogP contribution is 2.42. The number of para-hydroxylation sites is 1. The first-order chi connectivity index (χ1) is 11.7. The van der Waals surface area contributed by atoms with Crippen molar-refractivity contribution in [3.63, 3.8) is 0 Å². The van der Waals surface area contributed by atoms with Gasteiger partial charge in [0.05, 0.1) is 0 Å². The van der Waals surface area contributed by atoms with E-state index in [-0.39, 0.29) is 6.17 Å². The second-order valence-corrected chi connectivity index (χ2v) is 7.70. The average molecular weight is 311 g/mol. The molecule has 0 spiro atoms. The first kappa shape index (κ1) is 13.9. The summed E-state index contributed by atoms with van der Waals surface area (Å²) < 4.78 is 8.99. The molecule has 124 valence electrons. The number of nitrogens with zero attached hydrogens (tertiary/aromatic N) is 1. The smallest absolute Gasteiger partial charge is 0.162 e. The lowest BCUT2D eigenvalue weighted by atomic mass is 10.0. The summed E-state index contributed by atoms with van der Waals surface area (Å²) in [4.78, 5) is 2.51. The normalized spacial score (nSPS) is 27.4. The number of anilines is 1. The van der Waals surface area contributed by atoms with Crippen molar-refractivity contribution >= 4 is 5.69 Å². The van der Waals surface area contributed by atoms with E-state index in [1.807, 2.05) is 5.31 Å². The van der Waals surface area contributed by atoms with Gasteiger partial charge in [-0.05, 0) is 57.1 Å². The minimum atomic E-state index is 0.198. The summed E-state index contributed by atoms with van der Waals surface area (Å²) in [6.07, 6.45) is 10.6. The summed E-state index contributed by atoms with van der Waals surface area (Å²) in [5, 5.41) is 1.92. The van der Waals surface area contributed by atoms with Gasteiger partial charge in [-0.2, -0.15) is 0 Å². The van der Waals surface area contributed by atoms with E-state index >= 15 is 0 Å². The van der Waals surface area contributed by atoms with Crippen molar-refractivity contribution in [2.24, 2.45) is 11.8 Å². The van der Waals surface area contributed by atoms with Gasteiger partial charge in [-0.15, -0.1) is 0 Å². The topological polar surface area (TPSA) is 15.3 Å². The third kappa shape index (κ3) is 2.66. The van der Waals surface area contributed by atoms with Gasteiger partial charge in [-0.25, -0.2) is 0 Å². The molecule has 0 amide bonds. The van der Waals surface area contributed by atoms with E-state index in [9.17, 15) is 0 Å². The Bertz CT molecular complexity index is 626. The Morgan fingerprint density at radius 2 is 1.65 bits per heavy atom. The van der Waals surface area contributed by atoms with Crippen LogP contribution in [0, 0.1) is 18.8 Å². The van der Waals surface area contributed by atoms with E-state index in [1.54, 1.807) is 0 Å². The molecule has 1 aromatic rings. The van der Waals surface area contributed by atoms with Crippen LogP contribution in [0.5, 0.6) is 0 Å². The van der Waals surface area contributed by atoms with Crippen molar-refractivity contribution in [2.45, 2.75) is 71.4 Å². The Morgan fingerprint density at radius 3 is 2.35 bits per heavy atom. The van der Waals surface area contributed by atoms with Gasteiger partial charge >= 0.3 is 0 Å².